The van der Waals surface area contributed by atoms with Crippen LogP contribution in [0.3, 0.4) is 0 Å². The maximum absolute atomic E-state index is 2.24. The standard InChI is InChI=1S/C16H20N/c1-13-6-5-7-15(12-13)17-10-8-14(9-11-17)16(2,3)4/h5-12H,1-4H3/q+1. The second-order valence-corrected chi connectivity index (χ2v) is 5.58. The van der Waals surface area contributed by atoms with Crippen molar-refractivity contribution in [3.63, 3.8) is 0 Å². The van der Waals surface area contributed by atoms with E-state index in [2.05, 4.69) is 81.1 Å². The minimum atomic E-state index is 0.214. The van der Waals surface area contributed by atoms with Crippen LogP contribution in [-0.2, 0) is 5.41 Å². The third-order valence-corrected chi connectivity index (χ3v) is 3.00. The number of pyridine rings is 1. The Morgan fingerprint density at radius 2 is 1.59 bits per heavy atom. The molecule has 0 fully saturated rings. The zero-order valence-corrected chi connectivity index (χ0v) is 11.1. The number of benzene rings is 1. The summed E-state index contributed by atoms with van der Waals surface area (Å²) in [4.78, 5) is 0. The van der Waals surface area contributed by atoms with E-state index in [1.54, 1.807) is 0 Å². The van der Waals surface area contributed by atoms with Crippen LogP contribution >= 0.6 is 0 Å². The molecule has 0 radical (unpaired) electrons. The van der Waals surface area contributed by atoms with Crippen molar-refractivity contribution in [2.24, 2.45) is 0 Å². The lowest BCUT2D eigenvalue weighted by Crippen LogP contribution is -2.30. The first-order valence-electron chi connectivity index (χ1n) is 6.06. The van der Waals surface area contributed by atoms with Crippen molar-refractivity contribution < 1.29 is 4.57 Å². The highest BCUT2D eigenvalue weighted by Crippen LogP contribution is 2.20. The first-order valence-corrected chi connectivity index (χ1v) is 6.06. The van der Waals surface area contributed by atoms with Crippen LogP contribution in [-0.4, -0.2) is 0 Å². The van der Waals surface area contributed by atoms with Crippen LogP contribution in [0.5, 0.6) is 0 Å². The summed E-state index contributed by atoms with van der Waals surface area (Å²) in [6.45, 7) is 8.82. The lowest BCUT2D eigenvalue weighted by Gasteiger charge is -2.17. The van der Waals surface area contributed by atoms with Gasteiger partial charge in [0.05, 0.1) is 0 Å². The average Bonchev–Trinajstić information content (AvgIpc) is 2.28. The zero-order chi connectivity index (χ0) is 12.5. The second-order valence-electron chi connectivity index (χ2n) is 5.58. The van der Waals surface area contributed by atoms with Gasteiger partial charge < -0.3 is 0 Å². The Morgan fingerprint density at radius 3 is 2.12 bits per heavy atom. The molecule has 17 heavy (non-hydrogen) atoms. The van der Waals surface area contributed by atoms with E-state index in [0.29, 0.717) is 0 Å². The molecule has 1 heterocycles. The summed E-state index contributed by atoms with van der Waals surface area (Å²) in [6, 6.07) is 12.9. The van der Waals surface area contributed by atoms with Gasteiger partial charge in [0, 0.05) is 24.3 Å². The van der Waals surface area contributed by atoms with Crippen LogP contribution in [0.4, 0.5) is 0 Å². The van der Waals surface area contributed by atoms with E-state index in [9.17, 15) is 0 Å². The molecule has 1 nitrogen and oxygen atoms in total. The van der Waals surface area contributed by atoms with E-state index < -0.39 is 0 Å². The fourth-order valence-electron chi connectivity index (χ4n) is 1.89. The van der Waals surface area contributed by atoms with Crippen LogP contribution in [0, 0.1) is 6.92 Å². The van der Waals surface area contributed by atoms with E-state index >= 15 is 0 Å². The molecule has 0 saturated heterocycles. The SMILES string of the molecule is Cc1cccc(-[n+]2ccc(C(C)(C)C)cc2)c1. The average molecular weight is 226 g/mol. The summed E-state index contributed by atoms with van der Waals surface area (Å²) in [5.74, 6) is 0. The normalized spacial score (nSPS) is 11.5. The molecule has 1 aromatic heterocycles. The topological polar surface area (TPSA) is 3.88 Å². The predicted octanol–water partition coefficient (Wildman–Crippen LogP) is 3.57. The number of nitrogens with zero attached hydrogens (tertiary/aromatic N) is 1. The van der Waals surface area contributed by atoms with Crippen molar-refractivity contribution in [2.75, 3.05) is 0 Å². The minimum absolute atomic E-state index is 0.214. The molecule has 0 aliphatic heterocycles. The molecule has 0 spiro atoms. The van der Waals surface area contributed by atoms with Gasteiger partial charge in [-0.15, -0.1) is 0 Å². The highest BCUT2D eigenvalue weighted by Gasteiger charge is 2.15. The van der Waals surface area contributed by atoms with Gasteiger partial charge in [0.1, 0.15) is 0 Å². The second kappa shape index (κ2) is 4.33. The zero-order valence-electron chi connectivity index (χ0n) is 11.1. The van der Waals surface area contributed by atoms with Crippen molar-refractivity contribution in [2.45, 2.75) is 33.1 Å². The third kappa shape index (κ3) is 2.73. The Morgan fingerprint density at radius 1 is 0.941 bits per heavy atom. The van der Waals surface area contributed by atoms with Gasteiger partial charge in [-0.05, 0) is 23.5 Å². The molecule has 0 bridgehead atoms. The quantitative estimate of drug-likeness (QED) is 0.654. The maximum Gasteiger partial charge on any atom is 0.210 e. The van der Waals surface area contributed by atoms with Gasteiger partial charge in [0.15, 0.2) is 12.4 Å². The monoisotopic (exact) mass is 226 g/mol. The predicted molar refractivity (Wildman–Crippen MR) is 71.4 cm³/mol. The lowest BCUT2D eigenvalue weighted by atomic mass is 9.88. The molecular formula is C16H20N+. The van der Waals surface area contributed by atoms with Crippen LogP contribution in [0.15, 0.2) is 48.8 Å². The Bertz CT molecular complexity index is 504. The Labute approximate surface area is 104 Å². The molecule has 1 aromatic carbocycles. The number of rotatable bonds is 1. The van der Waals surface area contributed by atoms with Crippen molar-refractivity contribution in [3.05, 3.63) is 59.9 Å². The van der Waals surface area contributed by atoms with Crippen LogP contribution < -0.4 is 4.57 Å². The summed E-state index contributed by atoms with van der Waals surface area (Å²) >= 11 is 0. The van der Waals surface area contributed by atoms with Gasteiger partial charge in [-0.1, -0.05) is 32.9 Å². The number of hydrogen-bond acceptors (Lipinski definition) is 0. The highest BCUT2D eigenvalue weighted by atomic mass is 14.9. The molecule has 1 heteroatoms. The Hall–Kier alpha value is -1.63. The van der Waals surface area contributed by atoms with E-state index in [-0.39, 0.29) is 5.41 Å². The molecule has 0 N–H and O–H groups in total. The Balaban J connectivity index is 2.36. The number of aromatic nitrogens is 1. The number of hydrogen-bond donors (Lipinski definition) is 0. The molecule has 0 unspecified atom stereocenters. The Kier molecular flexibility index (Phi) is 3.01. The van der Waals surface area contributed by atoms with Gasteiger partial charge in [-0.2, -0.15) is 4.57 Å². The summed E-state index contributed by atoms with van der Waals surface area (Å²) in [5.41, 5.74) is 4.08. The minimum Gasteiger partial charge on any atom is -0.167 e. The van der Waals surface area contributed by atoms with Crippen molar-refractivity contribution in [1.29, 1.82) is 0 Å². The molecular weight excluding hydrogens is 206 g/mol. The molecule has 0 aliphatic carbocycles. The van der Waals surface area contributed by atoms with E-state index in [4.69, 9.17) is 0 Å². The first kappa shape index (κ1) is 11.8. The summed E-state index contributed by atoms with van der Waals surface area (Å²) in [6.07, 6.45) is 4.27. The van der Waals surface area contributed by atoms with E-state index in [1.165, 1.54) is 16.8 Å². The molecule has 0 saturated carbocycles. The highest BCUT2D eigenvalue weighted by molar-refractivity contribution is 5.28. The third-order valence-electron chi connectivity index (χ3n) is 3.00. The molecule has 2 rings (SSSR count). The molecule has 2 aromatic rings. The molecule has 0 amide bonds. The van der Waals surface area contributed by atoms with E-state index in [0.717, 1.165) is 0 Å². The number of aryl methyl sites for hydroxylation is 1. The van der Waals surface area contributed by atoms with Gasteiger partial charge in [0.2, 0.25) is 5.69 Å². The smallest absolute Gasteiger partial charge is 0.167 e. The van der Waals surface area contributed by atoms with Gasteiger partial charge in [0.25, 0.3) is 0 Å². The van der Waals surface area contributed by atoms with Crippen molar-refractivity contribution in [3.8, 4) is 5.69 Å². The van der Waals surface area contributed by atoms with E-state index in [1.807, 2.05) is 0 Å². The largest absolute Gasteiger partial charge is 0.210 e. The van der Waals surface area contributed by atoms with Crippen molar-refractivity contribution in [1.82, 2.24) is 0 Å². The van der Waals surface area contributed by atoms with Crippen LogP contribution in [0.25, 0.3) is 5.69 Å². The molecule has 0 aliphatic rings. The van der Waals surface area contributed by atoms with Gasteiger partial charge in [-0.3, -0.25) is 0 Å². The fourth-order valence-corrected chi connectivity index (χ4v) is 1.89. The lowest BCUT2D eigenvalue weighted by molar-refractivity contribution is -0.595. The van der Waals surface area contributed by atoms with Crippen LogP contribution in [0.2, 0.25) is 0 Å². The summed E-state index contributed by atoms with van der Waals surface area (Å²) in [7, 11) is 0. The molecule has 0 atom stereocenters. The maximum atomic E-state index is 2.24. The molecule has 88 valence electrons. The van der Waals surface area contributed by atoms with Gasteiger partial charge in [-0.25, -0.2) is 0 Å². The first-order chi connectivity index (χ1) is 7.97. The van der Waals surface area contributed by atoms with Gasteiger partial charge >= 0.3 is 0 Å². The van der Waals surface area contributed by atoms with Crippen LogP contribution in [0.1, 0.15) is 31.9 Å². The summed E-state index contributed by atoms with van der Waals surface area (Å²) in [5, 5.41) is 0. The summed E-state index contributed by atoms with van der Waals surface area (Å²) < 4.78 is 2.15. The van der Waals surface area contributed by atoms with Crippen molar-refractivity contribution >= 4 is 0 Å². The fraction of sp³-hybridized carbons (Fsp3) is 0.312.